The first-order valence-electron chi connectivity index (χ1n) is 14.1. The molecule has 2 aromatic heterocycles. The van der Waals surface area contributed by atoms with Crippen LogP contribution in [0.4, 0.5) is 0 Å². The molecule has 0 radical (unpaired) electrons. The second-order valence-electron chi connectivity index (χ2n) is 10.3. The summed E-state index contributed by atoms with van der Waals surface area (Å²) in [7, 11) is 0. The zero-order valence-corrected chi connectivity index (χ0v) is 25.5. The van der Waals surface area contributed by atoms with Gasteiger partial charge in [0.25, 0.3) is 0 Å². The van der Waals surface area contributed by atoms with Gasteiger partial charge in [0.15, 0.2) is 23.1 Å². The molecule has 0 spiro atoms. The lowest BCUT2D eigenvalue weighted by Crippen LogP contribution is -2.15. The Morgan fingerprint density at radius 1 is 0.674 bits per heavy atom. The minimum Gasteiger partial charge on any atom is -0.506 e. The Balaban J connectivity index is 0.000000247. The average molecular weight is 647 g/mol. The van der Waals surface area contributed by atoms with Crippen molar-refractivity contribution in [3.8, 4) is 45.3 Å². The molecule has 0 saturated heterocycles. The number of ether oxygens (including phenoxy) is 2. The quantitative estimate of drug-likeness (QED) is 0.171. The number of aromatic nitrogens is 2. The smallest absolute Gasteiger partial charge is 0.185 e. The third-order valence-electron chi connectivity index (χ3n) is 6.71. The fourth-order valence-corrected chi connectivity index (χ4v) is 4.55. The van der Waals surface area contributed by atoms with Crippen molar-refractivity contribution < 1.29 is 38.9 Å². The van der Waals surface area contributed by atoms with Crippen molar-refractivity contribution >= 4 is 34.7 Å². The zero-order valence-electron chi connectivity index (χ0n) is 24.7. The number of benzene rings is 2. The van der Waals surface area contributed by atoms with Crippen molar-refractivity contribution in [2.24, 2.45) is 0 Å². The van der Waals surface area contributed by atoms with Crippen LogP contribution in [0.5, 0.6) is 23.0 Å². The van der Waals surface area contributed by atoms with Gasteiger partial charge in [-0.3, -0.25) is 9.59 Å². The molecule has 11 heteroatoms. The Bertz CT molecular complexity index is 1750. The van der Waals surface area contributed by atoms with Gasteiger partial charge in [0, 0.05) is 54.2 Å². The summed E-state index contributed by atoms with van der Waals surface area (Å²) in [5.74, 6) is 0.0842. The Morgan fingerprint density at radius 3 is 1.65 bits per heavy atom. The van der Waals surface area contributed by atoms with E-state index >= 15 is 0 Å². The summed E-state index contributed by atoms with van der Waals surface area (Å²) in [6.45, 7) is 3.85. The number of hydrogen-bond acceptors (Lipinski definition) is 10. The van der Waals surface area contributed by atoms with Crippen molar-refractivity contribution in [1.82, 2.24) is 9.97 Å². The number of carbonyl (C=O) groups is 4. The van der Waals surface area contributed by atoms with Crippen LogP contribution in [-0.4, -0.2) is 56.5 Å². The number of fused-ring (bicyclic) bond motifs is 1. The molecule has 240 valence electrons. The highest BCUT2D eigenvalue weighted by atomic mass is 35.5. The lowest BCUT2D eigenvalue weighted by Gasteiger charge is -2.19. The van der Waals surface area contributed by atoms with E-state index in [9.17, 15) is 29.4 Å². The molecule has 5 rings (SSSR count). The van der Waals surface area contributed by atoms with Crippen LogP contribution in [0, 0.1) is 0 Å². The maximum atomic E-state index is 12.0. The molecule has 3 heterocycles. The van der Waals surface area contributed by atoms with Gasteiger partial charge in [-0.05, 0) is 61.4 Å². The maximum absolute atomic E-state index is 12.0. The predicted octanol–water partition coefficient (Wildman–Crippen LogP) is 7.07. The van der Waals surface area contributed by atoms with Gasteiger partial charge >= 0.3 is 0 Å². The number of carbonyl (C=O) groups excluding carboxylic acids is 4. The van der Waals surface area contributed by atoms with Gasteiger partial charge in [-0.25, -0.2) is 9.97 Å². The highest BCUT2D eigenvalue weighted by Crippen LogP contribution is 2.35. The summed E-state index contributed by atoms with van der Waals surface area (Å²) in [5.41, 5.74) is 2.89. The largest absolute Gasteiger partial charge is 0.506 e. The van der Waals surface area contributed by atoms with Crippen molar-refractivity contribution in [3.63, 3.8) is 0 Å². The zero-order chi connectivity index (χ0) is 32.5. The van der Waals surface area contributed by atoms with Crippen LogP contribution in [0.15, 0.2) is 67.0 Å². The van der Waals surface area contributed by atoms with Crippen LogP contribution in [0.25, 0.3) is 22.3 Å². The van der Waals surface area contributed by atoms with E-state index in [0.29, 0.717) is 40.9 Å². The highest BCUT2D eigenvalue weighted by Gasteiger charge is 2.17. The standard InChI is InChI=1S/C18H17NO5.C16H14ClNO3.CH4/c1-11(20)2-4-14(21)18-15(22)8-13(10-19-18)12-3-5-16-17(9-12)24-7-6-23-16;1-10(19)5-6-14(20)16-15(21)8-12(9-18-16)11-3-2-4-13(17)7-11;/h3,5,8-10,22H,2,4,6-7H2,1H3;2-4,7-9,21H,5-6H2,1H3;1H4. The average Bonchev–Trinajstić information content (AvgIpc) is 3.02. The summed E-state index contributed by atoms with van der Waals surface area (Å²) in [6.07, 6.45) is 3.41. The molecule has 0 amide bonds. The molecule has 0 aliphatic carbocycles. The lowest BCUT2D eigenvalue weighted by molar-refractivity contribution is -0.117. The van der Waals surface area contributed by atoms with Crippen molar-refractivity contribution in [3.05, 3.63) is 83.4 Å². The van der Waals surface area contributed by atoms with E-state index in [1.807, 2.05) is 18.2 Å². The van der Waals surface area contributed by atoms with E-state index in [-0.39, 0.29) is 79.1 Å². The number of nitrogens with zero attached hydrogens (tertiary/aromatic N) is 2. The minimum atomic E-state index is -0.351. The van der Waals surface area contributed by atoms with E-state index in [1.165, 1.54) is 38.4 Å². The number of Topliss-reactive ketones (excluding diaryl/α,β-unsaturated/α-hetero) is 4. The second-order valence-corrected chi connectivity index (χ2v) is 10.7. The Labute approximate surface area is 272 Å². The normalized spacial score (nSPS) is 11.4. The van der Waals surface area contributed by atoms with Gasteiger partial charge in [0.05, 0.1) is 0 Å². The van der Waals surface area contributed by atoms with E-state index in [1.54, 1.807) is 24.3 Å². The predicted molar refractivity (Wildman–Crippen MR) is 174 cm³/mol. The van der Waals surface area contributed by atoms with E-state index in [4.69, 9.17) is 21.1 Å². The van der Waals surface area contributed by atoms with Gasteiger partial charge in [-0.15, -0.1) is 0 Å². The summed E-state index contributed by atoms with van der Waals surface area (Å²) < 4.78 is 11.0. The van der Waals surface area contributed by atoms with Gasteiger partial charge in [-0.1, -0.05) is 37.2 Å². The molecule has 0 bridgehead atoms. The van der Waals surface area contributed by atoms with E-state index in [2.05, 4.69) is 9.97 Å². The van der Waals surface area contributed by atoms with Crippen LogP contribution in [0.1, 0.15) is 67.9 Å². The number of hydrogen-bond donors (Lipinski definition) is 2. The molecule has 1 aliphatic rings. The summed E-state index contributed by atoms with van der Waals surface area (Å²) in [4.78, 5) is 53.8. The summed E-state index contributed by atoms with van der Waals surface area (Å²) >= 11 is 5.92. The number of rotatable bonds is 10. The number of aromatic hydroxyl groups is 2. The molecule has 1 aliphatic heterocycles. The molecule has 0 unspecified atom stereocenters. The molecular formula is C35H35ClN2O8. The van der Waals surface area contributed by atoms with Gasteiger partial charge in [0.2, 0.25) is 0 Å². The van der Waals surface area contributed by atoms with Crippen molar-refractivity contribution in [2.75, 3.05) is 13.2 Å². The molecule has 2 aromatic carbocycles. The number of halogens is 1. The summed E-state index contributed by atoms with van der Waals surface area (Å²) in [5, 5.41) is 20.6. The van der Waals surface area contributed by atoms with Crippen LogP contribution < -0.4 is 9.47 Å². The molecular weight excluding hydrogens is 612 g/mol. The minimum absolute atomic E-state index is 0. The fourth-order valence-electron chi connectivity index (χ4n) is 4.36. The molecule has 0 atom stereocenters. The third-order valence-corrected chi connectivity index (χ3v) is 6.94. The van der Waals surface area contributed by atoms with Gasteiger partial charge in [0.1, 0.15) is 47.7 Å². The first-order chi connectivity index (χ1) is 21.5. The maximum Gasteiger partial charge on any atom is 0.185 e. The van der Waals surface area contributed by atoms with Crippen molar-refractivity contribution in [1.29, 1.82) is 0 Å². The van der Waals surface area contributed by atoms with Crippen LogP contribution in [0.2, 0.25) is 5.02 Å². The van der Waals surface area contributed by atoms with E-state index < -0.39 is 0 Å². The van der Waals surface area contributed by atoms with Gasteiger partial charge in [-0.2, -0.15) is 0 Å². The second kappa shape index (κ2) is 16.3. The molecule has 0 saturated carbocycles. The molecule has 46 heavy (non-hydrogen) atoms. The molecule has 4 aromatic rings. The lowest BCUT2D eigenvalue weighted by atomic mass is 10.0. The van der Waals surface area contributed by atoms with Crippen molar-refractivity contribution in [2.45, 2.75) is 47.0 Å². The topological polar surface area (TPSA) is 153 Å². The Hall–Kier alpha value is -5.09. The van der Waals surface area contributed by atoms with Crippen LogP contribution in [-0.2, 0) is 9.59 Å². The van der Waals surface area contributed by atoms with Crippen LogP contribution in [0.3, 0.4) is 0 Å². The van der Waals surface area contributed by atoms with Crippen LogP contribution >= 0.6 is 11.6 Å². The molecule has 2 N–H and O–H groups in total. The Morgan fingerprint density at radius 2 is 1.17 bits per heavy atom. The SMILES string of the molecule is C.CC(=O)CCC(=O)c1ncc(-c2ccc3c(c2)OCCO3)cc1O.CC(=O)CCC(=O)c1ncc(-c2cccc(Cl)c2)cc1O. The molecule has 0 fully saturated rings. The number of ketones is 4. The summed E-state index contributed by atoms with van der Waals surface area (Å²) in [6, 6.07) is 15.5. The first kappa shape index (κ1) is 35.4. The van der Waals surface area contributed by atoms with Gasteiger partial charge < -0.3 is 29.3 Å². The molecule has 10 nitrogen and oxygen atoms in total. The number of pyridine rings is 2. The first-order valence-corrected chi connectivity index (χ1v) is 14.5. The fraction of sp³-hybridized carbons (Fsp3) is 0.257. The highest BCUT2D eigenvalue weighted by molar-refractivity contribution is 6.30. The third kappa shape index (κ3) is 9.45. The monoisotopic (exact) mass is 646 g/mol. The van der Waals surface area contributed by atoms with E-state index in [0.717, 1.165) is 11.1 Å². The Kier molecular flexibility index (Phi) is 12.5.